The number of benzene rings is 1. The third-order valence-electron chi connectivity index (χ3n) is 3.03. The maximum Gasteiger partial charge on any atom is 0.407 e. The second-order valence-corrected chi connectivity index (χ2v) is 4.46. The van der Waals surface area contributed by atoms with Crippen LogP contribution in [0.5, 0.6) is 0 Å². The summed E-state index contributed by atoms with van der Waals surface area (Å²) in [5.41, 5.74) is 0.831. The van der Waals surface area contributed by atoms with Crippen LogP contribution in [0, 0.1) is 5.92 Å². The number of carbonyl (C=O) groups excluding carboxylic acids is 3. The first-order valence-corrected chi connectivity index (χ1v) is 6.76. The lowest BCUT2D eigenvalue weighted by molar-refractivity contribution is -0.159. The zero-order valence-corrected chi connectivity index (χ0v) is 13.1. The maximum absolute atomic E-state index is 11.9. The number of carbonyl (C=O) groups is 3. The van der Waals surface area contributed by atoms with Crippen LogP contribution in [0.1, 0.15) is 5.56 Å². The topological polar surface area (TPSA) is 90.9 Å². The fraction of sp³-hybridized carbons (Fsp3) is 0.312. The highest BCUT2D eigenvalue weighted by Gasteiger charge is 2.36. The molecule has 0 aliphatic heterocycles. The largest absolute Gasteiger partial charge is 0.468 e. The predicted molar refractivity (Wildman–Crippen MR) is 82.3 cm³/mol. The highest BCUT2D eigenvalue weighted by atomic mass is 16.5. The first kappa shape index (κ1) is 18.2. The van der Waals surface area contributed by atoms with Crippen LogP contribution in [0.2, 0.25) is 0 Å². The van der Waals surface area contributed by atoms with Gasteiger partial charge in [0.1, 0.15) is 0 Å². The number of esters is 2. The van der Waals surface area contributed by atoms with Crippen molar-refractivity contribution in [3.8, 4) is 0 Å². The Hall–Kier alpha value is -2.83. The van der Waals surface area contributed by atoms with E-state index in [1.165, 1.54) is 13.2 Å². The Morgan fingerprint density at radius 1 is 0.957 bits per heavy atom. The molecule has 1 N–H and O–H groups in total. The minimum atomic E-state index is -1.34. The molecule has 7 nitrogen and oxygen atoms in total. The second kappa shape index (κ2) is 9.24. The van der Waals surface area contributed by atoms with Crippen LogP contribution >= 0.6 is 0 Å². The van der Waals surface area contributed by atoms with Gasteiger partial charge in [0.05, 0.1) is 27.4 Å². The van der Waals surface area contributed by atoms with Gasteiger partial charge in [0.25, 0.3) is 0 Å². The summed E-state index contributed by atoms with van der Waals surface area (Å²) < 4.78 is 13.8. The third kappa shape index (κ3) is 5.46. The number of methoxy groups -OCH3 is 3. The van der Waals surface area contributed by atoms with E-state index in [2.05, 4.69) is 19.5 Å². The lowest BCUT2D eigenvalue weighted by Gasteiger charge is -2.21. The molecule has 0 bridgehead atoms. The summed E-state index contributed by atoms with van der Waals surface area (Å²) in [5, 5.41) is 2.42. The average molecular weight is 321 g/mol. The number of ether oxygens (including phenoxy) is 3. The van der Waals surface area contributed by atoms with Crippen LogP contribution in [-0.2, 0) is 23.8 Å². The molecule has 0 saturated heterocycles. The number of alkyl carbamates (subject to hydrolysis) is 1. The molecule has 1 aromatic carbocycles. The number of nitrogens with one attached hydrogen (secondary N) is 1. The van der Waals surface area contributed by atoms with Gasteiger partial charge < -0.3 is 19.5 Å². The summed E-state index contributed by atoms with van der Waals surface area (Å²) >= 11 is 0. The van der Waals surface area contributed by atoms with Crippen molar-refractivity contribution in [2.75, 3.05) is 21.3 Å². The molecule has 1 amide bonds. The minimum absolute atomic E-state index is 0.787. The van der Waals surface area contributed by atoms with E-state index in [4.69, 9.17) is 0 Å². The van der Waals surface area contributed by atoms with Gasteiger partial charge in [0, 0.05) is 0 Å². The zero-order valence-electron chi connectivity index (χ0n) is 13.1. The van der Waals surface area contributed by atoms with Crippen LogP contribution in [0.15, 0.2) is 36.4 Å². The first-order chi connectivity index (χ1) is 11.0. The zero-order chi connectivity index (χ0) is 17.2. The van der Waals surface area contributed by atoms with Crippen molar-refractivity contribution < 1.29 is 28.6 Å². The molecule has 23 heavy (non-hydrogen) atoms. The van der Waals surface area contributed by atoms with Crippen molar-refractivity contribution in [1.29, 1.82) is 0 Å². The summed E-state index contributed by atoms with van der Waals surface area (Å²) in [7, 11) is 3.47. The summed E-state index contributed by atoms with van der Waals surface area (Å²) in [6.07, 6.45) is 2.38. The summed E-state index contributed by atoms with van der Waals surface area (Å²) in [5.74, 6) is -2.99. The lowest BCUT2D eigenvalue weighted by atomic mass is 9.98. The molecule has 124 valence electrons. The van der Waals surface area contributed by atoms with Crippen molar-refractivity contribution in [2.45, 2.75) is 6.04 Å². The van der Waals surface area contributed by atoms with E-state index in [0.29, 0.717) is 0 Å². The van der Waals surface area contributed by atoms with Gasteiger partial charge in [-0.2, -0.15) is 0 Å². The Balaban J connectivity index is 3.10. The molecule has 1 rings (SSSR count). The Bertz CT molecular complexity index is 553. The van der Waals surface area contributed by atoms with Gasteiger partial charge in [-0.05, 0) is 5.56 Å². The van der Waals surface area contributed by atoms with E-state index < -0.39 is 30.0 Å². The lowest BCUT2D eigenvalue weighted by Crippen LogP contribution is -2.46. The number of hydrogen-bond acceptors (Lipinski definition) is 6. The summed E-state index contributed by atoms with van der Waals surface area (Å²) in [6.45, 7) is 0. The number of hydrogen-bond donors (Lipinski definition) is 1. The Labute approximate surface area is 134 Å². The number of amides is 1. The van der Waals surface area contributed by atoms with Gasteiger partial charge in [-0.1, -0.05) is 42.5 Å². The van der Waals surface area contributed by atoms with Gasteiger partial charge in [-0.15, -0.1) is 0 Å². The smallest absolute Gasteiger partial charge is 0.407 e. The standard InChI is InChI=1S/C16H19NO6/c1-21-14(18)13(15(19)22-2)12(17-16(20)23-3)10-9-11-7-5-4-6-8-11/h4-10,12-13H,1-3H3,(H,17,20)/b10-9+/t12-/m0/s1. The quantitative estimate of drug-likeness (QED) is 0.484. The van der Waals surface area contributed by atoms with Gasteiger partial charge in [-0.3, -0.25) is 9.59 Å². The molecule has 0 aromatic heterocycles. The number of rotatable bonds is 6. The molecular formula is C16H19NO6. The molecule has 1 aromatic rings. The van der Waals surface area contributed by atoms with Crippen molar-refractivity contribution in [3.63, 3.8) is 0 Å². The van der Waals surface area contributed by atoms with Crippen molar-refractivity contribution >= 4 is 24.1 Å². The molecule has 0 saturated carbocycles. The van der Waals surface area contributed by atoms with E-state index in [-0.39, 0.29) is 0 Å². The van der Waals surface area contributed by atoms with E-state index in [1.807, 2.05) is 30.3 Å². The average Bonchev–Trinajstić information content (AvgIpc) is 2.59. The predicted octanol–water partition coefficient (Wildman–Crippen LogP) is 1.39. The maximum atomic E-state index is 11.9. The Kier molecular flexibility index (Phi) is 7.32. The van der Waals surface area contributed by atoms with Crippen LogP contribution < -0.4 is 5.32 Å². The molecule has 0 unspecified atom stereocenters. The molecule has 1 atom stereocenters. The van der Waals surface area contributed by atoms with Crippen molar-refractivity contribution in [1.82, 2.24) is 5.32 Å². The SMILES string of the molecule is COC(=O)N[C@@H](/C=C/c1ccccc1)C(C(=O)OC)C(=O)OC. The Morgan fingerprint density at radius 2 is 1.52 bits per heavy atom. The molecule has 0 aliphatic rings. The monoisotopic (exact) mass is 321 g/mol. The highest BCUT2D eigenvalue weighted by molar-refractivity contribution is 5.96. The van der Waals surface area contributed by atoms with Gasteiger partial charge in [0.15, 0.2) is 5.92 Å². The molecule has 0 spiro atoms. The third-order valence-corrected chi connectivity index (χ3v) is 3.03. The van der Waals surface area contributed by atoms with E-state index >= 15 is 0 Å². The molecular weight excluding hydrogens is 302 g/mol. The van der Waals surface area contributed by atoms with Gasteiger partial charge in [0.2, 0.25) is 0 Å². The summed E-state index contributed by atoms with van der Waals surface area (Å²) in [6, 6.07) is 8.20. The van der Waals surface area contributed by atoms with Crippen LogP contribution in [0.25, 0.3) is 6.08 Å². The van der Waals surface area contributed by atoms with E-state index in [0.717, 1.165) is 19.8 Å². The van der Waals surface area contributed by atoms with Crippen LogP contribution in [0.4, 0.5) is 4.79 Å². The minimum Gasteiger partial charge on any atom is -0.468 e. The fourth-order valence-electron chi connectivity index (χ4n) is 1.86. The van der Waals surface area contributed by atoms with E-state index in [9.17, 15) is 14.4 Å². The molecule has 0 aliphatic carbocycles. The van der Waals surface area contributed by atoms with Crippen LogP contribution in [-0.4, -0.2) is 45.4 Å². The summed E-state index contributed by atoms with van der Waals surface area (Å²) in [4.78, 5) is 35.3. The van der Waals surface area contributed by atoms with Crippen molar-refractivity contribution in [3.05, 3.63) is 42.0 Å². The second-order valence-electron chi connectivity index (χ2n) is 4.46. The molecule has 0 radical (unpaired) electrons. The first-order valence-electron chi connectivity index (χ1n) is 6.76. The van der Waals surface area contributed by atoms with Gasteiger partial charge >= 0.3 is 18.0 Å². The fourth-order valence-corrected chi connectivity index (χ4v) is 1.86. The highest BCUT2D eigenvalue weighted by Crippen LogP contribution is 2.13. The van der Waals surface area contributed by atoms with E-state index in [1.54, 1.807) is 6.08 Å². The normalized spacial score (nSPS) is 11.8. The van der Waals surface area contributed by atoms with Gasteiger partial charge in [-0.25, -0.2) is 4.79 Å². The molecule has 0 heterocycles. The van der Waals surface area contributed by atoms with Crippen LogP contribution in [0.3, 0.4) is 0 Å². The molecule has 0 fully saturated rings. The Morgan fingerprint density at radius 3 is 2.00 bits per heavy atom. The van der Waals surface area contributed by atoms with Crippen molar-refractivity contribution in [2.24, 2.45) is 5.92 Å². The molecule has 7 heteroatoms.